The van der Waals surface area contributed by atoms with Crippen molar-refractivity contribution < 1.29 is 4.42 Å². The zero-order valence-corrected chi connectivity index (χ0v) is 34.4. The maximum absolute atomic E-state index is 6.66. The Hall–Kier alpha value is -8.40. The van der Waals surface area contributed by atoms with Crippen molar-refractivity contribution in [3.05, 3.63) is 243 Å². The second-order valence-corrected chi connectivity index (χ2v) is 16.1. The third kappa shape index (κ3) is 6.29. The van der Waals surface area contributed by atoms with Crippen molar-refractivity contribution in [3.63, 3.8) is 0 Å². The first-order chi connectivity index (χ1) is 31.3. The molecule has 2 heterocycles. The van der Waals surface area contributed by atoms with Crippen molar-refractivity contribution >= 4 is 60.8 Å². The van der Waals surface area contributed by atoms with Gasteiger partial charge in [0.25, 0.3) is 0 Å². The fraction of sp³-hybridized carbons (Fsp3) is 0. The molecule has 0 fully saturated rings. The number of hydrogen-bond acceptors (Lipinski definition) is 2. The highest BCUT2D eigenvalue weighted by Gasteiger charge is 2.23. The van der Waals surface area contributed by atoms with Gasteiger partial charge in [-0.1, -0.05) is 188 Å². The van der Waals surface area contributed by atoms with Crippen LogP contribution in [0.2, 0.25) is 0 Å². The van der Waals surface area contributed by atoms with Gasteiger partial charge in [0.2, 0.25) is 0 Å². The molecule has 0 amide bonds. The molecule has 3 heteroatoms. The molecule has 10 aromatic carbocycles. The first-order valence-corrected chi connectivity index (χ1v) is 21.5. The fourth-order valence-electron chi connectivity index (χ4n) is 9.48. The summed E-state index contributed by atoms with van der Waals surface area (Å²) in [6.07, 6.45) is 0. The van der Waals surface area contributed by atoms with Gasteiger partial charge in [-0.15, -0.1) is 0 Å². The summed E-state index contributed by atoms with van der Waals surface area (Å²) in [6, 6.07) is 87.1. The Balaban J connectivity index is 1.08. The quantitative estimate of drug-likeness (QED) is 0.153. The van der Waals surface area contributed by atoms with Gasteiger partial charge in [-0.2, -0.15) is 0 Å². The first-order valence-electron chi connectivity index (χ1n) is 21.5. The molecule has 3 nitrogen and oxygen atoms in total. The molecule has 0 aliphatic rings. The van der Waals surface area contributed by atoms with Gasteiger partial charge in [0.05, 0.1) is 22.4 Å². The molecule has 0 atom stereocenters. The maximum atomic E-state index is 6.66. The van der Waals surface area contributed by atoms with Crippen molar-refractivity contribution in [2.24, 2.45) is 0 Å². The Kier molecular flexibility index (Phi) is 8.83. The lowest BCUT2D eigenvalue weighted by atomic mass is 9.98. The minimum atomic E-state index is 0.883. The molecule has 0 N–H and O–H groups in total. The topological polar surface area (TPSA) is 21.3 Å². The van der Waals surface area contributed by atoms with E-state index >= 15 is 0 Å². The highest BCUT2D eigenvalue weighted by atomic mass is 16.3. The normalized spacial score (nSPS) is 11.5. The van der Waals surface area contributed by atoms with Crippen LogP contribution in [0.25, 0.3) is 93.9 Å². The van der Waals surface area contributed by atoms with E-state index in [1.165, 1.54) is 44.2 Å². The lowest BCUT2D eigenvalue weighted by Gasteiger charge is -2.28. The number of para-hydroxylation sites is 5. The number of rotatable bonds is 8. The van der Waals surface area contributed by atoms with E-state index in [0.29, 0.717) is 0 Å². The van der Waals surface area contributed by atoms with E-state index in [0.717, 1.165) is 66.8 Å². The summed E-state index contributed by atoms with van der Waals surface area (Å²) in [4.78, 5) is 2.41. The number of benzene rings is 10. The Morgan fingerprint density at radius 1 is 0.317 bits per heavy atom. The molecule has 296 valence electrons. The average Bonchev–Trinajstić information content (AvgIpc) is 3.91. The number of furan rings is 1. The molecule has 0 radical (unpaired) electrons. The molecule has 0 bridgehead atoms. The third-order valence-electron chi connectivity index (χ3n) is 12.4. The van der Waals surface area contributed by atoms with Gasteiger partial charge >= 0.3 is 0 Å². The molecule has 12 aromatic rings. The molecule has 12 rings (SSSR count). The number of aromatic nitrogens is 1. The van der Waals surface area contributed by atoms with E-state index in [1.807, 2.05) is 6.07 Å². The van der Waals surface area contributed by atoms with E-state index in [1.54, 1.807) is 0 Å². The van der Waals surface area contributed by atoms with Crippen molar-refractivity contribution in [1.29, 1.82) is 0 Å². The standard InChI is InChI=1S/C60H40N2O/c1-3-17-41(18-4-1)43-33-35-46(36-34-43)61(56-30-12-9-25-50(56)53-27-16-28-54-52-26-10-14-32-59(52)63-60(53)54)47-37-38-51-49-24-8-13-31-57(49)62(58(51)40-47)55-29-11-7-23-48(55)45-22-15-21-44(39-45)42-19-5-2-6-20-42/h1-40H. The Morgan fingerprint density at radius 3 is 1.70 bits per heavy atom. The van der Waals surface area contributed by atoms with Gasteiger partial charge in [0, 0.05) is 49.6 Å². The van der Waals surface area contributed by atoms with E-state index in [-0.39, 0.29) is 0 Å². The molecule has 0 unspecified atom stereocenters. The molecule has 0 spiro atoms. The van der Waals surface area contributed by atoms with Crippen molar-refractivity contribution in [3.8, 4) is 50.2 Å². The van der Waals surface area contributed by atoms with Gasteiger partial charge < -0.3 is 13.9 Å². The minimum absolute atomic E-state index is 0.883. The molecule has 0 saturated carbocycles. The lowest BCUT2D eigenvalue weighted by molar-refractivity contribution is 0.670. The summed E-state index contributed by atoms with van der Waals surface area (Å²) in [5, 5.41) is 4.63. The van der Waals surface area contributed by atoms with Crippen molar-refractivity contribution in [2.45, 2.75) is 0 Å². The molecule has 0 saturated heterocycles. The van der Waals surface area contributed by atoms with Crippen LogP contribution < -0.4 is 4.90 Å². The zero-order valence-electron chi connectivity index (χ0n) is 34.4. The van der Waals surface area contributed by atoms with Gasteiger partial charge in [-0.25, -0.2) is 0 Å². The predicted octanol–water partition coefficient (Wildman–Crippen LogP) is 16.8. The Labute approximate surface area is 366 Å². The van der Waals surface area contributed by atoms with Crippen LogP contribution in [0.1, 0.15) is 0 Å². The summed E-state index contributed by atoms with van der Waals surface area (Å²) in [5.41, 5.74) is 17.6. The van der Waals surface area contributed by atoms with E-state index < -0.39 is 0 Å². The maximum Gasteiger partial charge on any atom is 0.143 e. The van der Waals surface area contributed by atoms with E-state index in [4.69, 9.17) is 4.42 Å². The molecule has 0 aliphatic carbocycles. The lowest BCUT2D eigenvalue weighted by Crippen LogP contribution is -2.11. The Bertz CT molecular complexity index is 3620. The van der Waals surface area contributed by atoms with Gasteiger partial charge in [0.1, 0.15) is 11.2 Å². The predicted molar refractivity (Wildman–Crippen MR) is 264 cm³/mol. The summed E-state index contributed by atoms with van der Waals surface area (Å²) >= 11 is 0. The molecule has 2 aromatic heterocycles. The number of anilines is 3. The minimum Gasteiger partial charge on any atom is -0.455 e. The second-order valence-electron chi connectivity index (χ2n) is 16.1. The van der Waals surface area contributed by atoms with Crippen molar-refractivity contribution in [2.75, 3.05) is 4.90 Å². The average molecular weight is 805 g/mol. The van der Waals surface area contributed by atoms with Crippen LogP contribution in [0.4, 0.5) is 17.1 Å². The molecular weight excluding hydrogens is 765 g/mol. The smallest absolute Gasteiger partial charge is 0.143 e. The van der Waals surface area contributed by atoms with Crippen LogP contribution in [0.3, 0.4) is 0 Å². The highest BCUT2D eigenvalue weighted by Crippen LogP contribution is 2.46. The van der Waals surface area contributed by atoms with Crippen LogP contribution in [0.5, 0.6) is 0 Å². The van der Waals surface area contributed by atoms with Gasteiger partial charge in [0.15, 0.2) is 0 Å². The summed E-state index contributed by atoms with van der Waals surface area (Å²) in [7, 11) is 0. The summed E-state index contributed by atoms with van der Waals surface area (Å²) in [6.45, 7) is 0. The molecule has 63 heavy (non-hydrogen) atoms. The van der Waals surface area contributed by atoms with Gasteiger partial charge in [-0.05, 0) is 82.4 Å². The van der Waals surface area contributed by atoms with Crippen LogP contribution in [-0.4, -0.2) is 4.57 Å². The third-order valence-corrected chi connectivity index (χ3v) is 12.4. The van der Waals surface area contributed by atoms with E-state index in [9.17, 15) is 0 Å². The fourth-order valence-corrected chi connectivity index (χ4v) is 9.48. The van der Waals surface area contributed by atoms with Crippen LogP contribution >= 0.6 is 0 Å². The molecule has 0 aliphatic heterocycles. The largest absolute Gasteiger partial charge is 0.455 e. The number of fused-ring (bicyclic) bond motifs is 6. The molecular formula is C60H40N2O. The van der Waals surface area contributed by atoms with Crippen molar-refractivity contribution in [1.82, 2.24) is 4.57 Å². The first kappa shape index (κ1) is 36.5. The summed E-state index contributed by atoms with van der Waals surface area (Å²) < 4.78 is 9.12. The van der Waals surface area contributed by atoms with Gasteiger partial charge in [-0.3, -0.25) is 0 Å². The van der Waals surface area contributed by atoms with E-state index in [2.05, 4.69) is 246 Å². The zero-order chi connectivity index (χ0) is 41.7. The SMILES string of the molecule is c1ccc(-c2ccc(N(c3ccc4c5ccccc5n(-c5ccccc5-c5cccc(-c6ccccc6)c5)c4c3)c3ccccc3-c3cccc4c3oc3ccccc34)cc2)cc1. The number of nitrogens with zero attached hydrogens (tertiary/aromatic N) is 2. The second kappa shape index (κ2) is 15.3. The monoisotopic (exact) mass is 804 g/mol. The van der Waals surface area contributed by atoms with Crippen LogP contribution in [0.15, 0.2) is 247 Å². The number of hydrogen-bond donors (Lipinski definition) is 0. The summed E-state index contributed by atoms with van der Waals surface area (Å²) in [5.74, 6) is 0. The highest BCUT2D eigenvalue weighted by molar-refractivity contribution is 6.13. The van der Waals surface area contributed by atoms with Crippen LogP contribution in [0, 0.1) is 0 Å². The Morgan fingerprint density at radius 2 is 0.873 bits per heavy atom. The van der Waals surface area contributed by atoms with Crippen LogP contribution in [-0.2, 0) is 0 Å².